The minimum Gasteiger partial charge on any atom is -0.316 e. The number of likely N-dealkylation sites (N-methyl/N-ethyl adjacent to an activating group) is 1. The van der Waals surface area contributed by atoms with Crippen molar-refractivity contribution >= 4 is 15.9 Å². The second kappa shape index (κ2) is 7.76. The van der Waals surface area contributed by atoms with Gasteiger partial charge in [0.25, 0.3) is 0 Å². The van der Waals surface area contributed by atoms with Crippen LogP contribution in [0.15, 0.2) is 41.0 Å². The lowest BCUT2D eigenvalue weighted by Gasteiger charge is -2.18. The molecule has 0 saturated carbocycles. The normalized spacial score (nSPS) is 12.8. The fourth-order valence-corrected chi connectivity index (χ4v) is 3.05. The number of hydrogen-bond donors (Lipinski definition) is 1. The summed E-state index contributed by atoms with van der Waals surface area (Å²) in [7, 11) is 0. The second-order valence-electron chi connectivity index (χ2n) is 5.61. The largest absolute Gasteiger partial charge is 0.316 e. The summed E-state index contributed by atoms with van der Waals surface area (Å²) in [5, 5.41) is 8.15. The number of aromatic nitrogens is 2. The van der Waals surface area contributed by atoms with Gasteiger partial charge in [0.1, 0.15) is 0 Å². The Hall–Kier alpha value is -1.13. The van der Waals surface area contributed by atoms with Gasteiger partial charge in [-0.05, 0) is 44.5 Å². The number of halogens is 1. The van der Waals surface area contributed by atoms with Crippen LogP contribution in [-0.2, 0) is 6.42 Å². The fraction of sp³-hybridized carbons (Fsp3) is 0.471. The topological polar surface area (TPSA) is 29.9 Å². The lowest BCUT2D eigenvalue weighted by atomic mass is 9.94. The van der Waals surface area contributed by atoms with Crippen LogP contribution in [0.4, 0.5) is 0 Å². The van der Waals surface area contributed by atoms with Gasteiger partial charge in [-0.2, -0.15) is 5.10 Å². The Balaban J connectivity index is 2.18. The third-order valence-corrected chi connectivity index (χ3v) is 4.36. The average molecular weight is 350 g/mol. The van der Waals surface area contributed by atoms with Gasteiger partial charge in [0.2, 0.25) is 0 Å². The lowest BCUT2D eigenvalue weighted by Crippen LogP contribution is -2.23. The van der Waals surface area contributed by atoms with Crippen LogP contribution in [0.1, 0.15) is 44.0 Å². The van der Waals surface area contributed by atoms with Crippen molar-refractivity contribution in [3.05, 3.63) is 52.3 Å². The molecule has 2 rings (SSSR count). The molecule has 0 bridgehead atoms. The Labute approximate surface area is 135 Å². The monoisotopic (exact) mass is 349 g/mol. The first kappa shape index (κ1) is 16.2. The van der Waals surface area contributed by atoms with E-state index in [-0.39, 0.29) is 0 Å². The molecule has 0 aliphatic heterocycles. The Morgan fingerprint density at radius 3 is 2.62 bits per heavy atom. The quantitative estimate of drug-likeness (QED) is 0.813. The molecule has 1 N–H and O–H groups in total. The van der Waals surface area contributed by atoms with Crippen molar-refractivity contribution in [3.63, 3.8) is 0 Å². The predicted molar refractivity (Wildman–Crippen MR) is 91.7 cm³/mol. The molecule has 1 heterocycles. The Kier molecular flexibility index (Phi) is 6.00. The van der Waals surface area contributed by atoms with Gasteiger partial charge in [0, 0.05) is 29.2 Å². The molecule has 4 heteroatoms. The Morgan fingerprint density at radius 1 is 1.24 bits per heavy atom. The zero-order valence-electron chi connectivity index (χ0n) is 13.0. The van der Waals surface area contributed by atoms with E-state index in [1.165, 1.54) is 10.0 Å². The van der Waals surface area contributed by atoms with Crippen molar-refractivity contribution in [3.8, 4) is 0 Å². The summed E-state index contributed by atoms with van der Waals surface area (Å²) in [5.74, 6) is 0.427. The first-order chi connectivity index (χ1) is 10.1. The van der Waals surface area contributed by atoms with Gasteiger partial charge in [-0.1, -0.05) is 41.1 Å². The summed E-state index contributed by atoms with van der Waals surface area (Å²) in [6, 6.07) is 11.0. The first-order valence-electron chi connectivity index (χ1n) is 7.61. The second-order valence-corrected chi connectivity index (χ2v) is 6.47. The van der Waals surface area contributed by atoms with Crippen molar-refractivity contribution in [2.75, 3.05) is 13.1 Å². The van der Waals surface area contributed by atoms with Gasteiger partial charge in [0.15, 0.2) is 0 Å². The molecule has 0 spiro atoms. The highest BCUT2D eigenvalue weighted by Crippen LogP contribution is 2.27. The maximum Gasteiger partial charge on any atom is 0.0631 e. The van der Waals surface area contributed by atoms with Crippen LogP contribution in [0.3, 0.4) is 0 Å². The Morgan fingerprint density at radius 2 is 2.00 bits per heavy atom. The molecule has 0 radical (unpaired) electrons. The zero-order valence-corrected chi connectivity index (χ0v) is 14.6. The van der Waals surface area contributed by atoms with Crippen molar-refractivity contribution in [2.45, 2.75) is 39.2 Å². The standard InChI is InChI=1S/C17H24BrN3/c1-4-19-12-14(16-7-5-6-8-17(16)18)11-15-9-10-21(20-15)13(2)3/h5-10,13-14,19H,4,11-12H2,1-3H3. The third kappa shape index (κ3) is 4.42. The summed E-state index contributed by atoms with van der Waals surface area (Å²) in [4.78, 5) is 0. The number of nitrogens with one attached hydrogen (secondary N) is 1. The van der Waals surface area contributed by atoms with Crippen LogP contribution in [0.5, 0.6) is 0 Å². The summed E-state index contributed by atoms with van der Waals surface area (Å²) >= 11 is 3.68. The lowest BCUT2D eigenvalue weighted by molar-refractivity contribution is 0.518. The third-order valence-electron chi connectivity index (χ3n) is 3.63. The van der Waals surface area contributed by atoms with Crippen LogP contribution >= 0.6 is 15.9 Å². The highest BCUT2D eigenvalue weighted by Gasteiger charge is 2.16. The molecule has 0 amide bonds. The van der Waals surface area contributed by atoms with Crippen LogP contribution in [-0.4, -0.2) is 22.9 Å². The SMILES string of the molecule is CCNCC(Cc1ccn(C(C)C)n1)c1ccccc1Br. The van der Waals surface area contributed by atoms with E-state index in [2.05, 4.69) is 83.6 Å². The van der Waals surface area contributed by atoms with Crippen LogP contribution in [0.25, 0.3) is 0 Å². The van der Waals surface area contributed by atoms with E-state index in [0.717, 1.165) is 25.2 Å². The predicted octanol–water partition coefficient (Wildman–Crippen LogP) is 4.16. The molecule has 114 valence electrons. The van der Waals surface area contributed by atoms with Crippen molar-refractivity contribution in [2.24, 2.45) is 0 Å². The van der Waals surface area contributed by atoms with E-state index in [9.17, 15) is 0 Å². The maximum absolute atomic E-state index is 4.69. The van der Waals surface area contributed by atoms with Crippen molar-refractivity contribution < 1.29 is 0 Å². The molecule has 21 heavy (non-hydrogen) atoms. The molecule has 0 saturated heterocycles. The number of benzene rings is 1. The number of nitrogens with zero attached hydrogens (tertiary/aromatic N) is 2. The van der Waals surface area contributed by atoms with Gasteiger partial charge in [-0.15, -0.1) is 0 Å². The van der Waals surface area contributed by atoms with Crippen LogP contribution in [0, 0.1) is 0 Å². The van der Waals surface area contributed by atoms with E-state index >= 15 is 0 Å². The molecule has 1 aromatic carbocycles. The van der Waals surface area contributed by atoms with Crippen LogP contribution in [0.2, 0.25) is 0 Å². The molecule has 0 aliphatic rings. The average Bonchev–Trinajstić information content (AvgIpc) is 2.93. The fourth-order valence-electron chi connectivity index (χ4n) is 2.44. The van der Waals surface area contributed by atoms with Crippen molar-refractivity contribution in [1.82, 2.24) is 15.1 Å². The number of rotatable bonds is 7. The van der Waals surface area contributed by atoms with E-state index in [0.29, 0.717) is 12.0 Å². The highest BCUT2D eigenvalue weighted by atomic mass is 79.9. The Bertz CT molecular complexity index is 563. The van der Waals surface area contributed by atoms with E-state index in [1.807, 2.05) is 4.68 Å². The smallest absolute Gasteiger partial charge is 0.0631 e. The molecule has 1 unspecified atom stereocenters. The minimum absolute atomic E-state index is 0.412. The van der Waals surface area contributed by atoms with E-state index in [1.54, 1.807) is 0 Å². The molecular formula is C17H24BrN3. The summed E-state index contributed by atoms with van der Waals surface area (Å²) in [6.07, 6.45) is 3.03. The van der Waals surface area contributed by atoms with Gasteiger partial charge in [0.05, 0.1) is 5.69 Å². The first-order valence-corrected chi connectivity index (χ1v) is 8.40. The van der Waals surface area contributed by atoms with E-state index in [4.69, 9.17) is 0 Å². The molecule has 2 aromatic rings. The molecule has 0 fully saturated rings. The molecule has 3 nitrogen and oxygen atoms in total. The minimum atomic E-state index is 0.412. The van der Waals surface area contributed by atoms with Gasteiger partial charge >= 0.3 is 0 Å². The van der Waals surface area contributed by atoms with Gasteiger partial charge in [-0.3, -0.25) is 4.68 Å². The summed E-state index contributed by atoms with van der Waals surface area (Å²) < 4.78 is 3.20. The molecular weight excluding hydrogens is 326 g/mol. The molecule has 1 atom stereocenters. The maximum atomic E-state index is 4.69. The molecule has 0 aliphatic carbocycles. The van der Waals surface area contributed by atoms with Gasteiger partial charge in [-0.25, -0.2) is 0 Å². The zero-order chi connectivity index (χ0) is 15.2. The van der Waals surface area contributed by atoms with E-state index < -0.39 is 0 Å². The van der Waals surface area contributed by atoms with Crippen molar-refractivity contribution in [1.29, 1.82) is 0 Å². The molecule has 1 aromatic heterocycles. The summed E-state index contributed by atoms with van der Waals surface area (Å²) in [5.41, 5.74) is 2.50. The van der Waals surface area contributed by atoms with Gasteiger partial charge < -0.3 is 5.32 Å². The summed E-state index contributed by atoms with van der Waals surface area (Å²) in [6.45, 7) is 8.40. The van der Waals surface area contributed by atoms with Crippen LogP contribution < -0.4 is 5.32 Å². The highest BCUT2D eigenvalue weighted by molar-refractivity contribution is 9.10. The number of hydrogen-bond acceptors (Lipinski definition) is 2.